The van der Waals surface area contributed by atoms with Gasteiger partial charge in [-0.25, -0.2) is 0 Å². The number of hydrogen-bond acceptors (Lipinski definition) is 3. The van der Waals surface area contributed by atoms with Crippen LogP contribution in [-0.2, 0) is 12.8 Å². The summed E-state index contributed by atoms with van der Waals surface area (Å²) in [6.07, 6.45) is 3.10. The van der Waals surface area contributed by atoms with Gasteiger partial charge in [0.1, 0.15) is 5.40 Å². The minimum atomic E-state index is 0.778. The Labute approximate surface area is 87.2 Å². The average Bonchev–Trinajstić information content (AvgIpc) is 2.67. The van der Waals surface area contributed by atoms with Crippen molar-refractivity contribution in [1.82, 2.24) is 0 Å². The molecule has 0 unspecified atom stereocenters. The van der Waals surface area contributed by atoms with Gasteiger partial charge in [-0.15, -0.1) is 0 Å². The fourth-order valence-electron chi connectivity index (χ4n) is 1.92. The van der Waals surface area contributed by atoms with Gasteiger partial charge in [0, 0.05) is 4.90 Å². The van der Waals surface area contributed by atoms with Crippen molar-refractivity contribution in [2.75, 3.05) is 0 Å². The van der Waals surface area contributed by atoms with Crippen LogP contribution in [0, 0.1) is 22.0 Å². The molecule has 2 nitrogen and oxygen atoms in total. The first-order chi connectivity index (χ1) is 6.86. The van der Waals surface area contributed by atoms with Gasteiger partial charge in [0.2, 0.25) is 0 Å². The lowest BCUT2D eigenvalue weighted by molar-refractivity contribution is 0.905. The molecule has 0 radical (unpaired) electrons. The summed E-state index contributed by atoms with van der Waals surface area (Å²) in [4.78, 5) is 1.03. The Morgan fingerprint density at radius 2 is 1.93 bits per heavy atom. The van der Waals surface area contributed by atoms with Crippen molar-refractivity contribution in [3.63, 3.8) is 0 Å². The molecule has 0 amide bonds. The molecule has 0 fully saturated rings. The third kappa shape index (κ3) is 1.36. The molecule has 0 saturated carbocycles. The highest BCUT2D eigenvalue weighted by atomic mass is 32.2. The summed E-state index contributed by atoms with van der Waals surface area (Å²) in [5.74, 6) is 0. The molecule has 1 aliphatic carbocycles. The second-order valence-corrected chi connectivity index (χ2v) is 4.05. The molecule has 0 aliphatic heterocycles. The van der Waals surface area contributed by atoms with E-state index in [0.29, 0.717) is 0 Å². The van der Waals surface area contributed by atoms with Crippen LogP contribution < -0.4 is 0 Å². The van der Waals surface area contributed by atoms with Crippen molar-refractivity contribution in [1.29, 1.82) is 10.5 Å². The van der Waals surface area contributed by atoms with Gasteiger partial charge in [-0.2, -0.15) is 10.5 Å². The molecule has 3 heteroatoms. The lowest BCUT2D eigenvalue weighted by atomic mass is 10.0. The van der Waals surface area contributed by atoms with Crippen molar-refractivity contribution in [3.05, 3.63) is 28.8 Å². The zero-order valence-electron chi connectivity index (χ0n) is 7.58. The molecule has 0 aromatic heterocycles. The lowest BCUT2D eigenvalue weighted by Gasteiger charge is -2.05. The average molecular weight is 200 g/mol. The highest BCUT2D eigenvalue weighted by Crippen LogP contribution is 2.33. The second-order valence-electron chi connectivity index (χ2n) is 3.23. The van der Waals surface area contributed by atoms with Gasteiger partial charge < -0.3 is 0 Å². The first-order valence-electron chi connectivity index (χ1n) is 4.47. The Morgan fingerprint density at radius 3 is 2.64 bits per heavy atom. The van der Waals surface area contributed by atoms with Gasteiger partial charge in [0.15, 0.2) is 0 Å². The van der Waals surface area contributed by atoms with Crippen LogP contribution in [-0.4, -0.2) is 0 Å². The standard InChI is InChI=1S/C11H8N2S/c12-6-8-4-5-11(14-7-13)10-3-1-2-9(8)10/h4-5H,1-3H2. The van der Waals surface area contributed by atoms with Gasteiger partial charge >= 0.3 is 0 Å². The van der Waals surface area contributed by atoms with Crippen LogP contribution in [0.5, 0.6) is 0 Å². The van der Waals surface area contributed by atoms with E-state index in [1.165, 1.54) is 17.3 Å². The van der Waals surface area contributed by atoms with Crippen LogP contribution >= 0.6 is 11.8 Å². The summed E-state index contributed by atoms with van der Waals surface area (Å²) in [7, 11) is 0. The molecular weight excluding hydrogens is 192 g/mol. The van der Waals surface area contributed by atoms with Crippen LogP contribution in [0.4, 0.5) is 0 Å². The number of thioether (sulfide) groups is 1. The highest BCUT2D eigenvalue weighted by molar-refractivity contribution is 8.03. The zero-order valence-corrected chi connectivity index (χ0v) is 8.40. The molecule has 1 aliphatic rings. The fourth-order valence-corrected chi connectivity index (χ4v) is 2.51. The fraction of sp³-hybridized carbons (Fsp3) is 0.273. The van der Waals surface area contributed by atoms with E-state index in [4.69, 9.17) is 10.5 Å². The smallest absolute Gasteiger partial charge is 0.138 e. The molecule has 1 aromatic carbocycles. The Kier molecular flexibility index (Phi) is 2.43. The predicted octanol–water partition coefficient (Wildman–Crippen LogP) is 2.62. The van der Waals surface area contributed by atoms with Crippen LogP contribution in [0.3, 0.4) is 0 Å². The van der Waals surface area contributed by atoms with Crippen molar-refractivity contribution < 1.29 is 0 Å². The van der Waals surface area contributed by atoms with Crippen molar-refractivity contribution in [3.8, 4) is 11.5 Å². The van der Waals surface area contributed by atoms with E-state index < -0.39 is 0 Å². The van der Waals surface area contributed by atoms with Crippen LogP contribution in [0.15, 0.2) is 17.0 Å². The number of hydrogen-bond donors (Lipinski definition) is 0. The van der Waals surface area contributed by atoms with E-state index in [1.54, 1.807) is 0 Å². The molecule has 0 bridgehead atoms. The van der Waals surface area contributed by atoms with Crippen LogP contribution in [0.1, 0.15) is 23.1 Å². The number of fused-ring (bicyclic) bond motifs is 1. The summed E-state index contributed by atoms with van der Waals surface area (Å²) < 4.78 is 0. The van der Waals surface area contributed by atoms with Gasteiger partial charge in [-0.3, -0.25) is 0 Å². The molecule has 0 N–H and O–H groups in total. The summed E-state index contributed by atoms with van der Waals surface area (Å²) in [6, 6.07) is 5.91. The Bertz CT molecular complexity index is 452. The minimum absolute atomic E-state index is 0.778. The zero-order chi connectivity index (χ0) is 9.97. The molecule has 0 saturated heterocycles. The number of rotatable bonds is 1. The molecule has 0 spiro atoms. The topological polar surface area (TPSA) is 47.6 Å². The Hall–Kier alpha value is -1.45. The first kappa shape index (κ1) is 9.12. The highest BCUT2D eigenvalue weighted by Gasteiger charge is 2.18. The minimum Gasteiger partial charge on any atom is -0.192 e. The van der Waals surface area contributed by atoms with E-state index >= 15 is 0 Å². The molecule has 2 rings (SSSR count). The molecule has 0 heterocycles. The maximum atomic E-state index is 8.90. The third-order valence-corrected chi connectivity index (χ3v) is 3.21. The van der Waals surface area contributed by atoms with Gasteiger partial charge in [0.25, 0.3) is 0 Å². The maximum absolute atomic E-state index is 8.90. The number of nitrogens with zero attached hydrogens (tertiary/aromatic N) is 2. The van der Waals surface area contributed by atoms with Gasteiger partial charge in [-0.1, -0.05) is 0 Å². The van der Waals surface area contributed by atoms with E-state index in [9.17, 15) is 0 Å². The monoisotopic (exact) mass is 200 g/mol. The number of nitriles is 2. The summed E-state index contributed by atoms with van der Waals surface area (Å²) >= 11 is 1.20. The van der Waals surface area contributed by atoms with Gasteiger partial charge in [-0.05, 0) is 54.3 Å². The molecule has 14 heavy (non-hydrogen) atoms. The van der Waals surface area contributed by atoms with Crippen molar-refractivity contribution in [2.45, 2.75) is 24.2 Å². The van der Waals surface area contributed by atoms with Crippen molar-refractivity contribution >= 4 is 11.8 Å². The summed E-state index contributed by atoms with van der Waals surface area (Å²) in [6.45, 7) is 0. The van der Waals surface area contributed by atoms with Crippen LogP contribution in [0.25, 0.3) is 0 Å². The third-order valence-electron chi connectivity index (χ3n) is 2.52. The van der Waals surface area contributed by atoms with Gasteiger partial charge in [0.05, 0.1) is 11.6 Å². The van der Waals surface area contributed by atoms with Crippen LogP contribution in [0.2, 0.25) is 0 Å². The molecule has 0 atom stereocenters. The van der Waals surface area contributed by atoms with E-state index in [-0.39, 0.29) is 0 Å². The molecular formula is C11H8N2S. The number of thiocyanates is 1. The molecule has 1 aromatic rings. The second kappa shape index (κ2) is 3.74. The van der Waals surface area contributed by atoms with Crippen molar-refractivity contribution in [2.24, 2.45) is 0 Å². The largest absolute Gasteiger partial charge is 0.192 e. The number of benzene rings is 1. The Balaban J connectivity index is 2.55. The van der Waals surface area contributed by atoms with E-state index in [1.807, 2.05) is 12.1 Å². The quantitative estimate of drug-likeness (QED) is 0.517. The maximum Gasteiger partial charge on any atom is 0.138 e. The Morgan fingerprint density at radius 1 is 1.14 bits per heavy atom. The van der Waals surface area contributed by atoms with E-state index in [2.05, 4.69) is 11.5 Å². The predicted molar refractivity (Wildman–Crippen MR) is 54.7 cm³/mol. The molecule has 68 valence electrons. The summed E-state index contributed by atoms with van der Waals surface area (Å²) in [5, 5.41) is 19.6. The van der Waals surface area contributed by atoms with E-state index in [0.717, 1.165) is 35.3 Å². The SMILES string of the molecule is N#CSc1ccc(C#N)c2c1CCC2. The lowest BCUT2D eigenvalue weighted by Crippen LogP contribution is -1.90. The first-order valence-corrected chi connectivity index (χ1v) is 5.29. The summed E-state index contributed by atoms with van der Waals surface area (Å²) in [5.41, 5.74) is 3.16. The normalized spacial score (nSPS) is 13.0.